The summed E-state index contributed by atoms with van der Waals surface area (Å²) in [7, 11) is 0. The maximum atomic E-state index is 12.4. The summed E-state index contributed by atoms with van der Waals surface area (Å²) in [5.41, 5.74) is 2.44. The van der Waals surface area contributed by atoms with Crippen LogP contribution in [0.5, 0.6) is 0 Å². The van der Waals surface area contributed by atoms with Crippen LogP contribution in [0.2, 0.25) is 0 Å². The predicted molar refractivity (Wildman–Crippen MR) is 118 cm³/mol. The van der Waals surface area contributed by atoms with E-state index in [1.165, 1.54) is 0 Å². The number of unbranched alkanes of at least 4 members (excludes halogenated alkanes) is 1. The minimum Gasteiger partial charge on any atom is -0.452 e. The van der Waals surface area contributed by atoms with E-state index < -0.39 is 24.4 Å². The van der Waals surface area contributed by atoms with E-state index in [0.29, 0.717) is 16.8 Å². The van der Waals surface area contributed by atoms with E-state index in [-0.39, 0.29) is 5.41 Å². The molecule has 2 aromatic carbocycles. The van der Waals surface area contributed by atoms with E-state index in [1.807, 2.05) is 18.2 Å². The van der Waals surface area contributed by atoms with Crippen molar-refractivity contribution >= 4 is 23.5 Å². The number of rotatable bonds is 8. The molecular formula is C24H30N2O4. The van der Waals surface area contributed by atoms with Gasteiger partial charge >= 0.3 is 5.97 Å². The van der Waals surface area contributed by atoms with E-state index in [4.69, 9.17) is 4.74 Å². The van der Waals surface area contributed by atoms with Gasteiger partial charge in [0.15, 0.2) is 6.61 Å². The van der Waals surface area contributed by atoms with Crippen molar-refractivity contribution in [3.8, 4) is 0 Å². The van der Waals surface area contributed by atoms with Gasteiger partial charge in [-0.3, -0.25) is 14.9 Å². The Hall–Kier alpha value is -3.15. The molecule has 160 valence electrons. The van der Waals surface area contributed by atoms with Crippen LogP contribution in [0.4, 0.5) is 5.69 Å². The van der Waals surface area contributed by atoms with Crippen LogP contribution in [0.1, 0.15) is 66.8 Å². The predicted octanol–water partition coefficient (Wildman–Crippen LogP) is 4.31. The SMILES string of the molecule is CCCCNc1ccccc1C(=O)OCC(=O)NC(=O)c1ccc(C(C)(C)C)cc1. The standard InChI is InChI=1S/C24H30N2O4/c1-5-6-15-25-20-10-8-7-9-19(20)23(29)30-16-21(27)26-22(28)17-11-13-18(14-12-17)24(2,3)4/h7-14,25H,5-6,15-16H2,1-4H3,(H,26,27,28). The molecule has 0 saturated carbocycles. The largest absolute Gasteiger partial charge is 0.452 e. The summed E-state index contributed by atoms with van der Waals surface area (Å²) in [6.45, 7) is 8.53. The van der Waals surface area contributed by atoms with Crippen LogP contribution in [0.3, 0.4) is 0 Å². The zero-order valence-electron chi connectivity index (χ0n) is 18.1. The van der Waals surface area contributed by atoms with Gasteiger partial charge in [0.25, 0.3) is 11.8 Å². The summed E-state index contributed by atoms with van der Waals surface area (Å²) in [6.07, 6.45) is 2.01. The first-order valence-electron chi connectivity index (χ1n) is 10.2. The zero-order chi connectivity index (χ0) is 22.1. The third kappa shape index (κ3) is 6.72. The Bertz CT molecular complexity index is 883. The quantitative estimate of drug-likeness (QED) is 0.500. The van der Waals surface area contributed by atoms with Crippen LogP contribution in [-0.2, 0) is 14.9 Å². The van der Waals surface area contributed by atoms with Crippen LogP contribution in [-0.4, -0.2) is 30.9 Å². The van der Waals surface area contributed by atoms with E-state index in [1.54, 1.807) is 30.3 Å². The van der Waals surface area contributed by atoms with E-state index >= 15 is 0 Å². The Morgan fingerprint density at radius 2 is 1.63 bits per heavy atom. The van der Waals surface area contributed by atoms with Gasteiger partial charge in [0, 0.05) is 17.8 Å². The number of benzene rings is 2. The van der Waals surface area contributed by atoms with Crippen molar-refractivity contribution in [2.24, 2.45) is 0 Å². The van der Waals surface area contributed by atoms with Crippen molar-refractivity contribution < 1.29 is 19.1 Å². The van der Waals surface area contributed by atoms with Crippen molar-refractivity contribution in [2.75, 3.05) is 18.5 Å². The molecule has 2 aromatic rings. The molecule has 30 heavy (non-hydrogen) atoms. The van der Waals surface area contributed by atoms with Crippen molar-refractivity contribution in [1.29, 1.82) is 0 Å². The van der Waals surface area contributed by atoms with Crippen molar-refractivity contribution in [2.45, 2.75) is 46.0 Å². The molecule has 6 heteroatoms. The summed E-state index contributed by atoms with van der Waals surface area (Å²) >= 11 is 0. The van der Waals surface area contributed by atoms with Crippen molar-refractivity contribution in [3.63, 3.8) is 0 Å². The van der Waals surface area contributed by atoms with Gasteiger partial charge in [-0.05, 0) is 41.7 Å². The zero-order valence-corrected chi connectivity index (χ0v) is 18.1. The molecule has 0 spiro atoms. The number of anilines is 1. The lowest BCUT2D eigenvalue weighted by atomic mass is 9.87. The lowest BCUT2D eigenvalue weighted by Crippen LogP contribution is -2.34. The number of ether oxygens (including phenoxy) is 1. The van der Waals surface area contributed by atoms with Crippen LogP contribution in [0.15, 0.2) is 48.5 Å². The van der Waals surface area contributed by atoms with Gasteiger partial charge in [0.1, 0.15) is 0 Å². The molecule has 0 unspecified atom stereocenters. The number of amides is 2. The van der Waals surface area contributed by atoms with E-state index in [9.17, 15) is 14.4 Å². The highest BCUT2D eigenvalue weighted by atomic mass is 16.5. The molecule has 0 aromatic heterocycles. The molecule has 6 nitrogen and oxygen atoms in total. The second-order valence-corrected chi connectivity index (χ2v) is 8.11. The van der Waals surface area contributed by atoms with Gasteiger partial charge in [-0.25, -0.2) is 4.79 Å². The van der Waals surface area contributed by atoms with Gasteiger partial charge in [0.2, 0.25) is 0 Å². The average molecular weight is 411 g/mol. The van der Waals surface area contributed by atoms with Gasteiger partial charge in [-0.2, -0.15) is 0 Å². The number of hydrogen-bond donors (Lipinski definition) is 2. The summed E-state index contributed by atoms with van der Waals surface area (Å²) in [6, 6.07) is 14.0. The van der Waals surface area contributed by atoms with Crippen LogP contribution < -0.4 is 10.6 Å². The lowest BCUT2D eigenvalue weighted by molar-refractivity contribution is -0.123. The lowest BCUT2D eigenvalue weighted by Gasteiger charge is -2.19. The molecule has 0 atom stereocenters. The molecule has 0 saturated heterocycles. The van der Waals surface area contributed by atoms with E-state index in [0.717, 1.165) is 24.9 Å². The molecule has 0 heterocycles. The molecule has 2 rings (SSSR count). The molecule has 0 aliphatic carbocycles. The molecule has 2 amide bonds. The van der Waals surface area contributed by atoms with Gasteiger partial charge in [-0.15, -0.1) is 0 Å². The summed E-state index contributed by atoms with van der Waals surface area (Å²) in [5.74, 6) is -1.82. The number of hydrogen-bond acceptors (Lipinski definition) is 5. The number of nitrogens with one attached hydrogen (secondary N) is 2. The van der Waals surface area contributed by atoms with Crippen molar-refractivity contribution in [1.82, 2.24) is 5.32 Å². The maximum Gasteiger partial charge on any atom is 0.340 e. The highest BCUT2D eigenvalue weighted by molar-refractivity contribution is 6.05. The molecule has 0 fully saturated rings. The number of carbonyl (C=O) groups excluding carboxylic acids is 3. The molecule has 0 bridgehead atoms. The molecular weight excluding hydrogens is 380 g/mol. The Kier molecular flexibility index (Phi) is 8.16. The molecule has 0 aliphatic heterocycles. The number of para-hydroxylation sites is 1. The van der Waals surface area contributed by atoms with Gasteiger partial charge < -0.3 is 10.1 Å². The third-order valence-electron chi connectivity index (χ3n) is 4.59. The van der Waals surface area contributed by atoms with Crippen molar-refractivity contribution in [3.05, 3.63) is 65.2 Å². The second kappa shape index (κ2) is 10.6. The van der Waals surface area contributed by atoms with Gasteiger partial charge in [0.05, 0.1) is 5.56 Å². The number of imide groups is 1. The number of carbonyl (C=O) groups is 3. The first-order chi connectivity index (χ1) is 14.2. The summed E-state index contributed by atoms with van der Waals surface area (Å²) in [4.78, 5) is 36.7. The second-order valence-electron chi connectivity index (χ2n) is 8.11. The highest BCUT2D eigenvalue weighted by Gasteiger charge is 2.17. The normalized spacial score (nSPS) is 10.9. The van der Waals surface area contributed by atoms with Crippen LogP contribution in [0, 0.1) is 0 Å². The third-order valence-corrected chi connectivity index (χ3v) is 4.59. The molecule has 2 N–H and O–H groups in total. The minimum atomic E-state index is -0.676. The minimum absolute atomic E-state index is 0.0271. The Morgan fingerprint density at radius 1 is 0.967 bits per heavy atom. The monoisotopic (exact) mass is 410 g/mol. The highest BCUT2D eigenvalue weighted by Crippen LogP contribution is 2.22. The maximum absolute atomic E-state index is 12.4. The Labute approximate surface area is 178 Å². The molecule has 0 aliphatic rings. The smallest absolute Gasteiger partial charge is 0.340 e. The van der Waals surface area contributed by atoms with Crippen LogP contribution >= 0.6 is 0 Å². The molecule has 0 radical (unpaired) electrons. The summed E-state index contributed by atoms with van der Waals surface area (Å²) in [5, 5.41) is 5.44. The first kappa shape index (κ1) is 23.1. The Balaban J connectivity index is 1.90. The fourth-order valence-electron chi connectivity index (χ4n) is 2.78. The first-order valence-corrected chi connectivity index (χ1v) is 10.2. The fourth-order valence-corrected chi connectivity index (χ4v) is 2.78. The topological polar surface area (TPSA) is 84.5 Å². The average Bonchev–Trinajstić information content (AvgIpc) is 2.72. The van der Waals surface area contributed by atoms with Crippen LogP contribution in [0.25, 0.3) is 0 Å². The number of esters is 1. The summed E-state index contributed by atoms with van der Waals surface area (Å²) < 4.78 is 5.09. The fraction of sp³-hybridized carbons (Fsp3) is 0.375. The Morgan fingerprint density at radius 3 is 2.27 bits per heavy atom. The van der Waals surface area contributed by atoms with Gasteiger partial charge in [-0.1, -0.05) is 58.4 Å². The van der Waals surface area contributed by atoms with E-state index in [2.05, 4.69) is 38.3 Å².